The van der Waals surface area contributed by atoms with E-state index in [-0.39, 0.29) is 20.7 Å². The summed E-state index contributed by atoms with van der Waals surface area (Å²) in [6, 6.07) is 5.16. The maximum atomic E-state index is 13.3. The van der Waals surface area contributed by atoms with Crippen molar-refractivity contribution in [1.82, 2.24) is 4.98 Å². The monoisotopic (exact) mass is 423 g/mol. The summed E-state index contributed by atoms with van der Waals surface area (Å²) in [5.41, 5.74) is 5.64. The summed E-state index contributed by atoms with van der Waals surface area (Å²) < 4.78 is 40.5. The van der Waals surface area contributed by atoms with Gasteiger partial charge in [-0.1, -0.05) is 0 Å². The van der Waals surface area contributed by atoms with Crippen LogP contribution in [-0.4, -0.2) is 13.4 Å². The van der Waals surface area contributed by atoms with Crippen LogP contribution in [0.5, 0.6) is 0 Å². The smallest absolute Gasteiger partial charge is 0.264 e. The molecular formula is C11H8Br2FN3O2S. The normalized spacial score (nSPS) is 11.3. The summed E-state index contributed by atoms with van der Waals surface area (Å²) in [4.78, 5) is 3.68. The molecule has 0 atom stereocenters. The highest BCUT2D eigenvalue weighted by Gasteiger charge is 2.20. The molecule has 0 aliphatic heterocycles. The lowest BCUT2D eigenvalue weighted by Crippen LogP contribution is -2.15. The fourth-order valence-electron chi connectivity index (χ4n) is 1.44. The number of anilines is 2. The molecule has 0 saturated heterocycles. The zero-order valence-corrected chi connectivity index (χ0v) is 13.8. The first-order valence-corrected chi connectivity index (χ1v) is 8.26. The molecule has 1 aromatic carbocycles. The molecule has 9 heteroatoms. The molecule has 0 spiro atoms. The van der Waals surface area contributed by atoms with Crippen LogP contribution < -0.4 is 10.5 Å². The molecule has 0 amide bonds. The van der Waals surface area contributed by atoms with Crippen molar-refractivity contribution in [2.45, 2.75) is 4.90 Å². The Morgan fingerprint density at radius 3 is 2.65 bits per heavy atom. The number of nitrogens with zero attached hydrogens (tertiary/aromatic N) is 1. The van der Waals surface area contributed by atoms with Crippen molar-refractivity contribution in [1.29, 1.82) is 0 Å². The Labute approximate surface area is 131 Å². The van der Waals surface area contributed by atoms with Gasteiger partial charge < -0.3 is 5.73 Å². The molecule has 2 aromatic rings. The first kappa shape index (κ1) is 15.2. The molecule has 0 aliphatic rings. The molecule has 20 heavy (non-hydrogen) atoms. The van der Waals surface area contributed by atoms with E-state index < -0.39 is 15.8 Å². The predicted molar refractivity (Wildman–Crippen MR) is 81.3 cm³/mol. The van der Waals surface area contributed by atoms with Gasteiger partial charge in [0.1, 0.15) is 15.3 Å². The second-order valence-corrected chi connectivity index (χ2v) is 7.01. The molecule has 2 rings (SSSR count). The number of hydrogen-bond acceptors (Lipinski definition) is 4. The Hall–Kier alpha value is -1.19. The molecule has 106 valence electrons. The third-order valence-corrected chi connectivity index (χ3v) is 5.01. The Kier molecular flexibility index (Phi) is 4.31. The number of aromatic nitrogens is 1. The van der Waals surface area contributed by atoms with E-state index in [1.54, 1.807) is 6.07 Å². The molecule has 0 bridgehead atoms. The van der Waals surface area contributed by atoms with E-state index in [0.717, 1.165) is 12.1 Å². The number of hydrogen-bond donors (Lipinski definition) is 2. The first-order valence-electron chi connectivity index (χ1n) is 5.19. The van der Waals surface area contributed by atoms with Crippen molar-refractivity contribution in [3.63, 3.8) is 0 Å². The van der Waals surface area contributed by atoms with Gasteiger partial charge in [0.15, 0.2) is 0 Å². The molecule has 5 nitrogen and oxygen atoms in total. The SMILES string of the molecule is Nc1cc(F)c(Br)cc1S(=O)(=O)Nc1cccnc1Br. The fourth-order valence-corrected chi connectivity index (χ4v) is 3.62. The van der Waals surface area contributed by atoms with Crippen LogP contribution in [0.25, 0.3) is 0 Å². The van der Waals surface area contributed by atoms with Crippen LogP contribution in [0.15, 0.2) is 44.4 Å². The number of sulfonamides is 1. The third-order valence-electron chi connectivity index (χ3n) is 2.35. The van der Waals surface area contributed by atoms with Gasteiger partial charge in [0.25, 0.3) is 10.0 Å². The van der Waals surface area contributed by atoms with Gasteiger partial charge in [0, 0.05) is 6.20 Å². The van der Waals surface area contributed by atoms with E-state index >= 15 is 0 Å². The highest BCUT2D eigenvalue weighted by Crippen LogP contribution is 2.29. The van der Waals surface area contributed by atoms with Crippen LogP contribution in [0, 0.1) is 5.82 Å². The van der Waals surface area contributed by atoms with Crippen molar-refractivity contribution in [2.24, 2.45) is 0 Å². The summed E-state index contributed by atoms with van der Waals surface area (Å²) >= 11 is 6.06. The molecule has 0 fully saturated rings. The van der Waals surface area contributed by atoms with Crippen LogP contribution in [0.4, 0.5) is 15.8 Å². The van der Waals surface area contributed by atoms with Crippen LogP contribution in [0.1, 0.15) is 0 Å². The molecule has 0 saturated carbocycles. The average molecular weight is 425 g/mol. The van der Waals surface area contributed by atoms with Gasteiger partial charge >= 0.3 is 0 Å². The summed E-state index contributed by atoms with van der Waals surface area (Å²) in [6.45, 7) is 0. The van der Waals surface area contributed by atoms with E-state index in [9.17, 15) is 12.8 Å². The Morgan fingerprint density at radius 2 is 2.00 bits per heavy atom. The summed E-state index contributed by atoms with van der Waals surface area (Å²) in [5.74, 6) is -0.635. The Bertz CT molecular complexity index is 768. The van der Waals surface area contributed by atoms with Crippen LogP contribution in [-0.2, 0) is 10.0 Å². The van der Waals surface area contributed by atoms with E-state index in [1.807, 2.05) is 0 Å². The molecule has 0 radical (unpaired) electrons. The van der Waals surface area contributed by atoms with Gasteiger partial charge in [0.05, 0.1) is 15.8 Å². The van der Waals surface area contributed by atoms with Crippen molar-refractivity contribution in [3.8, 4) is 0 Å². The van der Waals surface area contributed by atoms with Crippen molar-refractivity contribution in [2.75, 3.05) is 10.5 Å². The molecule has 1 heterocycles. The Balaban J connectivity index is 2.47. The number of rotatable bonds is 3. The minimum Gasteiger partial charge on any atom is -0.398 e. The minimum absolute atomic E-state index is 0.0114. The Morgan fingerprint density at radius 1 is 1.30 bits per heavy atom. The number of benzene rings is 1. The van der Waals surface area contributed by atoms with Crippen molar-refractivity contribution >= 4 is 53.3 Å². The second kappa shape index (κ2) is 5.66. The van der Waals surface area contributed by atoms with E-state index in [2.05, 4.69) is 41.6 Å². The highest BCUT2D eigenvalue weighted by molar-refractivity contribution is 9.10. The topological polar surface area (TPSA) is 85.1 Å². The maximum absolute atomic E-state index is 13.3. The van der Waals surface area contributed by atoms with Gasteiger partial charge in [-0.15, -0.1) is 0 Å². The zero-order valence-electron chi connectivity index (χ0n) is 9.77. The predicted octanol–water partition coefficient (Wildman–Crippen LogP) is 3.13. The molecule has 0 aliphatic carbocycles. The number of halogens is 3. The van der Waals surface area contributed by atoms with Crippen LogP contribution in [0.3, 0.4) is 0 Å². The lowest BCUT2D eigenvalue weighted by Gasteiger charge is -2.11. The third kappa shape index (κ3) is 3.10. The lowest BCUT2D eigenvalue weighted by molar-refractivity contribution is 0.599. The van der Waals surface area contributed by atoms with E-state index in [1.165, 1.54) is 12.3 Å². The van der Waals surface area contributed by atoms with Crippen molar-refractivity contribution in [3.05, 3.63) is 45.4 Å². The highest BCUT2D eigenvalue weighted by atomic mass is 79.9. The quantitative estimate of drug-likeness (QED) is 0.585. The van der Waals surface area contributed by atoms with Gasteiger partial charge in [0.2, 0.25) is 0 Å². The first-order chi connectivity index (χ1) is 9.31. The second-order valence-electron chi connectivity index (χ2n) is 3.75. The van der Waals surface area contributed by atoms with Crippen LogP contribution >= 0.6 is 31.9 Å². The molecule has 3 N–H and O–H groups in total. The molecule has 0 unspecified atom stereocenters. The van der Waals surface area contributed by atoms with Crippen molar-refractivity contribution < 1.29 is 12.8 Å². The standard InChI is InChI=1S/C11H8Br2FN3O2S/c12-6-4-10(8(15)5-7(6)14)20(18,19)17-9-2-1-3-16-11(9)13/h1-5,17H,15H2. The number of nitrogen functional groups attached to an aromatic ring is 1. The molecule has 1 aromatic heterocycles. The van der Waals surface area contributed by atoms with E-state index in [4.69, 9.17) is 5.73 Å². The van der Waals surface area contributed by atoms with Gasteiger partial charge in [-0.05, 0) is 56.1 Å². The number of nitrogens with one attached hydrogen (secondary N) is 1. The molecular weight excluding hydrogens is 417 g/mol. The van der Waals surface area contributed by atoms with Gasteiger partial charge in [-0.25, -0.2) is 17.8 Å². The summed E-state index contributed by atoms with van der Waals surface area (Å²) in [5, 5.41) is 0. The average Bonchev–Trinajstić information content (AvgIpc) is 2.36. The van der Waals surface area contributed by atoms with Crippen LogP contribution in [0.2, 0.25) is 0 Å². The zero-order chi connectivity index (χ0) is 14.9. The fraction of sp³-hybridized carbons (Fsp3) is 0. The largest absolute Gasteiger partial charge is 0.398 e. The maximum Gasteiger partial charge on any atom is 0.264 e. The van der Waals surface area contributed by atoms with E-state index in [0.29, 0.717) is 4.60 Å². The lowest BCUT2D eigenvalue weighted by atomic mass is 10.3. The minimum atomic E-state index is -3.95. The number of pyridine rings is 1. The summed E-state index contributed by atoms with van der Waals surface area (Å²) in [6.07, 6.45) is 1.50. The van der Waals surface area contributed by atoms with Gasteiger partial charge in [-0.2, -0.15) is 0 Å². The summed E-state index contributed by atoms with van der Waals surface area (Å²) in [7, 11) is -3.95. The van der Waals surface area contributed by atoms with Gasteiger partial charge in [-0.3, -0.25) is 4.72 Å². The number of nitrogens with two attached hydrogens (primary N) is 1.